The van der Waals surface area contributed by atoms with Crippen LogP contribution in [0.15, 0.2) is 35.2 Å². The number of hydrogen-bond donors (Lipinski definition) is 1. The summed E-state index contributed by atoms with van der Waals surface area (Å²) in [6.45, 7) is 4.52. The van der Waals surface area contributed by atoms with Crippen LogP contribution < -0.4 is 10.1 Å². The number of hydrogen-bond acceptors (Lipinski definition) is 4. The lowest BCUT2D eigenvalue weighted by atomic mass is 10.2. The van der Waals surface area contributed by atoms with Crippen LogP contribution in [-0.4, -0.2) is 39.5 Å². The molecule has 116 valence electrons. The maximum Gasteiger partial charge on any atom is 0.247 e. The van der Waals surface area contributed by atoms with Gasteiger partial charge in [0.05, 0.1) is 7.11 Å². The van der Waals surface area contributed by atoms with E-state index in [0.717, 1.165) is 18.5 Å². The molecule has 0 amide bonds. The summed E-state index contributed by atoms with van der Waals surface area (Å²) in [5, 5.41) is 3.21. The largest absolute Gasteiger partial charge is 0.495 e. The molecule has 6 heteroatoms. The Morgan fingerprint density at radius 1 is 1.33 bits per heavy atom. The van der Waals surface area contributed by atoms with E-state index in [-0.39, 0.29) is 4.90 Å². The number of benzene rings is 1. The van der Waals surface area contributed by atoms with Gasteiger partial charge in [0.15, 0.2) is 0 Å². The standard InChI is InChI=1S/C15H22N2O3S/c1-3-16-12-13-7-8-15(14(11-13)20-2)21(18,19)17-9-5-4-6-10-17/h4-5,7-8,11,16H,3,6,9-10,12H2,1-2H3. The molecule has 0 atom stereocenters. The second kappa shape index (κ2) is 7.06. The van der Waals surface area contributed by atoms with Crippen molar-refractivity contribution in [2.24, 2.45) is 0 Å². The van der Waals surface area contributed by atoms with Gasteiger partial charge in [0.2, 0.25) is 10.0 Å². The third-order valence-corrected chi connectivity index (χ3v) is 5.35. The smallest absolute Gasteiger partial charge is 0.247 e. The molecule has 0 unspecified atom stereocenters. The zero-order chi connectivity index (χ0) is 15.3. The Labute approximate surface area is 126 Å². The summed E-state index contributed by atoms with van der Waals surface area (Å²) < 4.78 is 32.1. The highest BCUT2D eigenvalue weighted by Gasteiger charge is 2.27. The fourth-order valence-corrected chi connectivity index (χ4v) is 3.82. The summed E-state index contributed by atoms with van der Waals surface area (Å²) in [5.74, 6) is 0.403. The quantitative estimate of drug-likeness (QED) is 0.813. The zero-order valence-electron chi connectivity index (χ0n) is 12.5. The van der Waals surface area contributed by atoms with Crippen molar-refractivity contribution in [1.29, 1.82) is 0 Å². The van der Waals surface area contributed by atoms with Gasteiger partial charge in [-0.1, -0.05) is 25.1 Å². The molecule has 1 heterocycles. The number of ether oxygens (including phenoxy) is 1. The number of nitrogens with one attached hydrogen (secondary N) is 1. The van der Waals surface area contributed by atoms with Crippen LogP contribution in [0.25, 0.3) is 0 Å². The molecule has 1 aliphatic rings. The molecule has 1 aromatic carbocycles. The zero-order valence-corrected chi connectivity index (χ0v) is 13.3. The maximum absolute atomic E-state index is 12.7. The fraction of sp³-hybridized carbons (Fsp3) is 0.467. The minimum atomic E-state index is -3.51. The average molecular weight is 310 g/mol. The first kappa shape index (κ1) is 16.0. The molecular formula is C15H22N2O3S. The minimum Gasteiger partial charge on any atom is -0.495 e. The highest BCUT2D eigenvalue weighted by Crippen LogP contribution is 2.28. The summed E-state index contributed by atoms with van der Waals surface area (Å²) in [6.07, 6.45) is 4.63. The van der Waals surface area contributed by atoms with Crippen molar-refractivity contribution in [3.05, 3.63) is 35.9 Å². The molecule has 0 aromatic heterocycles. The van der Waals surface area contributed by atoms with Gasteiger partial charge in [0, 0.05) is 19.6 Å². The molecule has 2 rings (SSSR count). The second-order valence-electron chi connectivity index (χ2n) is 4.89. The van der Waals surface area contributed by atoms with E-state index in [2.05, 4.69) is 5.32 Å². The van der Waals surface area contributed by atoms with Crippen LogP contribution in [-0.2, 0) is 16.6 Å². The molecule has 0 radical (unpaired) electrons. The fourth-order valence-electron chi connectivity index (χ4n) is 2.28. The first-order valence-corrected chi connectivity index (χ1v) is 8.56. The van der Waals surface area contributed by atoms with Crippen molar-refractivity contribution in [1.82, 2.24) is 9.62 Å². The van der Waals surface area contributed by atoms with Gasteiger partial charge in [0.25, 0.3) is 0 Å². The van der Waals surface area contributed by atoms with E-state index >= 15 is 0 Å². The molecule has 0 spiro atoms. The van der Waals surface area contributed by atoms with Gasteiger partial charge in [-0.15, -0.1) is 0 Å². The molecule has 0 saturated carbocycles. The summed E-state index contributed by atoms with van der Waals surface area (Å²) in [6, 6.07) is 5.26. The summed E-state index contributed by atoms with van der Waals surface area (Å²) >= 11 is 0. The van der Waals surface area contributed by atoms with E-state index in [4.69, 9.17) is 4.74 Å². The normalized spacial score (nSPS) is 16.1. The molecule has 5 nitrogen and oxygen atoms in total. The second-order valence-corrected chi connectivity index (χ2v) is 6.80. The van der Waals surface area contributed by atoms with Gasteiger partial charge in [0.1, 0.15) is 10.6 Å². The maximum atomic E-state index is 12.7. The predicted molar refractivity (Wildman–Crippen MR) is 82.9 cm³/mol. The van der Waals surface area contributed by atoms with E-state index < -0.39 is 10.0 Å². The molecular weight excluding hydrogens is 288 g/mol. The number of nitrogens with zero attached hydrogens (tertiary/aromatic N) is 1. The van der Waals surface area contributed by atoms with Gasteiger partial charge in [-0.25, -0.2) is 8.42 Å². The third-order valence-electron chi connectivity index (χ3n) is 3.45. The van der Waals surface area contributed by atoms with Crippen molar-refractivity contribution in [2.75, 3.05) is 26.7 Å². The Balaban J connectivity index is 2.31. The summed E-state index contributed by atoms with van der Waals surface area (Å²) in [5.41, 5.74) is 1.01. The highest BCUT2D eigenvalue weighted by molar-refractivity contribution is 7.89. The van der Waals surface area contributed by atoms with E-state index in [0.29, 0.717) is 25.4 Å². The molecule has 1 N–H and O–H groups in total. The molecule has 1 aromatic rings. The molecule has 0 saturated heterocycles. The molecule has 0 aliphatic carbocycles. The van der Waals surface area contributed by atoms with Gasteiger partial charge in [-0.05, 0) is 30.7 Å². The Kier molecular flexibility index (Phi) is 5.39. The SMILES string of the molecule is CCNCc1ccc(S(=O)(=O)N2CC=CCC2)c(OC)c1. The van der Waals surface area contributed by atoms with Crippen molar-refractivity contribution in [3.63, 3.8) is 0 Å². The number of rotatable bonds is 6. The van der Waals surface area contributed by atoms with Crippen molar-refractivity contribution < 1.29 is 13.2 Å². The average Bonchev–Trinajstić information content (AvgIpc) is 2.53. The van der Waals surface area contributed by atoms with Crippen LogP contribution in [0.1, 0.15) is 18.9 Å². The van der Waals surface area contributed by atoms with Crippen LogP contribution >= 0.6 is 0 Å². The van der Waals surface area contributed by atoms with Crippen molar-refractivity contribution >= 4 is 10.0 Å². The van der Waals surface area contributed by atoms with Crippen LogP contribution in [0.4, 0.5) is 0 Å². The number of methoxy groups -OCH3 is 1. The summed E-state index contributed by atoms with van der Waals surface area (Å²) in [4.78, 5) is 0.237. The Bertz CT molecular complexity index is 611. The first-order chi connectivity index (χ1) is 10.1. The highest BCUT2D eigenvalue weighted by atomic mass is 32.2. The summed E-state index contributed by atoms with van der Waals surface area (Å²) in [7, 11) is -2.00. The van der Waals surface area contributed by atoms with E-state index in [1.54, 1.807) is 12.1 Å². The van der Waals surface area contributed by atoms with E-state index in [1.165, 1.54) is 11.4 Å². The topological polar surface area (TPSA) is 58.6 Å². The van der Waals surface area contributed by atoms with Gasteiger partial charge >= 0.3 is 0 Å². The Morgan fingerprint density at radius 3 is 2.76 bits per heavy atom. The number of sulfonamides is 1. The van der Waals surface area contributed by atoms with Gasteiger partial charge in [-0.2, -0.15) is 4.31 Å². The van der Waals surface area contributed by atoms with E-state index in [1.807, 2.05) is 25.1 Å². The lowest BCUT2D eigenvalue weighted by Crippen LogP contribution is -2.34. The van der Waals surface area contributed by atoms with Crippen LogP contribution in [0.5, 0.6) is 5.75 Å². The van der Waals surface area contributed by atoms with Gasteiger partial charge in [-0.3, -0.25) is 0 Å². The molecule has 1 aliphatic heterocycles. The van der Waals surface area contributed by atoms with Crippen LogP contribution in [0, 0.1) is 0 Å². The molecule has 0 fully saturated rings. The van der Waals surface area contributed by atoms with Crippen molar-refractivity contribution in [3.8, 4) is 5.75 Å². The Morgan fingerprint density at radius 2 is 2.14 bits per heavy atom. The van der Waals surface area contributed by atoms with Crippen LogP contribution in [0.2, 0.25) is 0 Å². The van der Waals surface area contributed by atoms with Crippen molar-refractivity contribution in [2.45, 2.75) is 24.8 Å². The molecule has 0 bridgehead atoms. The molecule has 21 heavy (non-hydrogen) atoms. The van der Waals surface area contributed by atoms with E-state index in [9.17, 15) is 8.42 Å². The monoisotopic (exact) mass is 310 g/mol. The first-order valence-electron chi connectivity index (χ1n) is 7.12. The third kappa shape index (κ3) is 3.64. The predicted octanol–water partition coefficient (Wildman–Crippen LogP) is 1.76. The van der Waals surface area contributed by atoms with Crippen LogP contribution in [0.3, 0.4) is 0 Å². The lowest BCUT2D eigenvalue weighted by molar-refractivity contribution is 0.394. The van der Waals surface area contributed by atoms with Gasteiger partial charge < -0.3 is 10.1 Å². The minimum absolute atomic E-state index is 0.237. The Hall–Kier alpha value is -1.37. The lowest BCUT2D eigenvalue weighted by Gasteiger charge is -2.24.